The Morgan fingerprint density at radius 1 is 1.10 bits per heavy atom. The molecular weight excluding hydrogens is 362 g/mol. The van der Waals surface area contributed by atoms with Gasteiger partial charge in [0.2, 0.25) is 5.91 Å². The van der Waals surface area contributed by atoms with Gasteiger partial charge < -0.3 is 5.32 Å². The van der Waals surface area contributed by atoms with E-state index in [2.05, 4.69) is 77.4 Å². The van der Waals surface area contributed by atoms with E-state index in [0.29, 0.717) is 18.8 Å². The number of hydrogen-bond donors (Lipinski definition) is 1. The topological polar surface area (TPSA) is 64.7 Å². The van der Waals surface area contributed by atoms with E-state index in [1.165, 1.54) is 11.3 Å². The molecule has 1 N–H and O–H groups in total. The summed E-state index contributed by atoms with van der Waals surface area (Å²) in [6, 6.07) is 2.00. The van der Waals surface area contributed by atoms with Gasteiger partial charge in [-0.05, 0) is 52.5 Å². The lowest BCUT2D eigenvalue weighted by Crippen LogP contribution is -2.27. The van der Waals surface area contributed by atoms with Crippen LogP contribution in [0.1, 0.15) is 84.5 Å². The molecule has 0 saturated carbocycles. The second-order valence-electron chi connectivity index (χ2n) is 10.5. The molecule has 1 amide bonds. The fourth-order valence-electron chi connectivity index (χ4n) is 3.41. The Kier molecular flexibility index (Phi) is 6.65. The standard InChI is InChI=1S/C23H39N5O/c1-15(2)14-27-17(4)18(16(3)25-27)11-12-21(29)24-20-13-19(22(5,6)7)26-28(20)23(8,9)10/h13,15H,11-12,14H2,1-10H3,(H,24,29). The maximum Gasteiger partial charge on any atom is 0.225 e. The summed E-state index contributed by atoms with van der Waals surface area (Å²) in [5.74, 6) is 1.31. The van der Waals surface area contributed by atoms with Crippen molar-refractivity contribution in [3.8, 4) is 0 Å². The molecule has 2 rings (SSSR count). The van der Waals surface area contributed by atoms with Crippen LogP contribution in [0.3, 0.4) is 0 Å². The Bertz CT molecular complexity index is 859. The van der Waals surface area contributed by atoms with Crippen LogP contribution in [0.4, 0.5) is 5.82 Å². The monoisotopic (exact) mass is 401 g/mol. The smallest absolute Gasteiger partial charge is 0.225 e. The maximum absolute atomic E-state index is 12.8. The van der Waals surface area contributed by atoms with E-state index in [0.717, 1.165) is 23.8 Å². The highest BCUT2D eigenvalue weighted by atomic mass is 16.1. The van der Waals surface area contributed by atoms with E-state index < -0.39 is 0 Å². The quantitative estimate of drug-likeness (QED) is 0.743. The molecule has 0 unspecified atom stereocenters. The molecule has 0 radical (unpaired) electrons. The van der Waals surface area contributed by atoms with Gasteiger partial charge in [0.25, 0.3) is 0 Å². The van der Waals surface area contributed by atoms with Crippen LogP contribution in [-0.2, 0) is 28.7 Å². The number of carbonyl (C=O) groups is 1. The SMILES string of the molecule is Cc1nn(CC(C)C)c(C)c1CCC(=O)Nc1cc(C(C)(C)C)nn1C(C)(C)C. The molecule has 29 heavy (non-hydrogen) atoms. The van der Waals surface area contributed by atoms with Gasteiger partial charge in [-0.1, -0.05) is 34.6 Å². The number of hydrogen-bond acceptors (Lipinski definition) is 3. The molecule has 6 heteroatoms. The van der Waals surface area contributed by atoms with Crippen molar-refractivity contribution in [2.75, 3.05) is 5.32 Å². The van der Waals surface area contributed by atoms with Gasteiger partial charge in [0.1, 0.15) is 5.82 Å². The Labute approximate surface area is 176 Å². The Balaban J connectivity index is 2.14. The molecule has 6 nitrogen and oxygen atoms in total. The molecule has 0 saturated heterocycles. The minimum Gasteiger partial charge on any atom is -0.311 e. The third-order valence-electron chi connectivity index (χ3n) is 5.05. The second kappa shape index (κ2) is 8.33. The molecular formula is C23H39N5O. The van der Waals surface area contributed by atoms with Crippen molar-refractivity contribution in [1.82, 2.24) is 19.6 Å². The number of nitrogens with one attached hydrogen (secondary N) is 1. The third-order valence-corrected chi connectivity index (χ3v) is 5.05. The number of aryl methyl sites for hydroxylation is 1. The van der Waals surface area contributed by atoms with Crippen LogP contribution in [-0.4, -0.2) is 25.5 Å². The first kappa shape index (κ1) is 23.2. The van der Waals surface area contributed by atoms with Crippen LogP contribution < -0.4 is 5.32 Å². The first-order chi connectivity index (χ1) is 13.2. The van der Waals surface area contributed by atoms with Gasteiger partial charge in [0.05, 0.1) is 16.9 Å². The zero-order chi connectivity index (χ0) is 22.1. The number of rotatable bonds is 6. The first-order valence-corrected chi connectivity index (χ1v) is 10.6. The summed E-state index contributed by atoms with van der Waals surface area (Å²) >= 11 is 0. The molecule has 0 spiro atoms. The van der Waals surface area contributed by atoms with Crippen molar-refractivity contribution in [3.63, 3.8) is 0 Å². The number of carbonyl (C=O) groups excluding carboxylic acids is 1. The second-order valence-corrected chi connectivity index (χ2v) is 10.5. The lowest BCUT2D eigenvalue weighted by Gasteiger charge is -2.23. The highest BCUT2D eigenvalue weighted by molar-refractivity contribution is 5.90. The van der Waals surface area contributed by atoms with Crippen molar-refractivity contribution in [1.29, 1.82) is 0 Å². The van der Waals surface area contributed by atoms with Gasteiger partial charge in [0.15, 0.2) is 0 Å². The van der Waals surface area contributed by atoms with Gasteiger partial charge in [-0.25, -0.2) is 4.68 Å². The zero-order valence-electron chi connectivity index (χ0n) is 20.0. The highest BCUT2D eigenvalue weighted by Crippen LogP contribution is 2.28. The van der Waals surface area contributed by atoms with Gasteiger partial charge in [-0.15, -0.1) is 0 Å². The maximum atomic E-state index is 12.8. The summed E-state index contributed by atoms with van der Waals surface area (Å²) in [5.41, 5.74) is 4.06. The van der Waals surface area contributed by atoms with E-state index in [-0.39, 0.29) is 16.9 Å². The largest absolute Gasteiger partial charge is 0.311 e. The van der Waals surface area contributed by atoms with E-state index in [4.69, 9.17) is 5.10 Å². The zero-order valence-corrected chi connectivity index (χ0v) is 20.0. The number of amides is 1. The molecule has 0 atom stereocenters. The lowest BCUT2D eigenvalue weighted by atomic mass is 9.92. The van der Waals surface area contributed by atoms with Crippen molar-refractivity contribution in [2.24, 2.45) is 5.92 Å². The summed E-state index contributed by atoms with van der Waals surface area (Å²) in [7, 11) is 0. The first-order valence-electron chi connectivity index (χ1n) is 10.6. The van der Waals surface area contributed by atoms with Crippen LogP contribution in [0, 0.1) is 19.8 Å². The molecule has 0 aromatic carbocycles. The van der Waals surface area contributed by atoms with Crippen LogP contribution in [0.2, 0.25) is 0 Å². The Morgan fingerprint density at radius 3 is 2.24 bits per heavy atom. The molecule has 0 fully saturated rings. The third kappa shape index (κ3) is 5.71. The van der Waals surface area contributed by atoms with Crippen molar-refractivity contribution >= 4 is 11.7 Å². The molecule has 0 bridgehead atoms. The van der Waals surface area contributed by atoms with Crippen molar-refractivity contribution in [3.05, 3.63) is 28.7 Å². The number of anilines is 1. The van der Waals surface area contributed by atoms with Gasteiger partial charge in [-0.3, -0.25) is 9.48 Å². The number of aromatic nitrogens is 4. The average Bonchev–Trinajstić information content (AvgIpc) is 3.07. The lowest BCUT2D eigenvalue weighted by molar-refractivity contribution is -0.116. The summed E-state index contributed by atoms with van der Waals surface area (Å²) in [4.78, 5) is 12.8. The summed E-state index contributed by atoms with van der Waals surface area (Å²) in [6.45, 7) is 22.1. The molecule has 0 aliphatic carbocycles. The minimum absolute atomic E-state index is 0.00580. The van der Waals surface area contributed by atoms with Gasteiger partial charge >= 0.3 is 0 Å². The van der Waals surface area contributed by atoms with Gasteiger partial charge in [-0.2, -0.15) is 10.2 Å². The van der Waals surface area contributed by atoms with Crippen LogP contribution in [0.25, 0.3) is 0 Å². The van der Waals surface area contributed by atoms with Crippen LogP contribution in [0.5, 0.6) is 0 Å². The van der Waals surface area contributed by atoms with Crippen LogP contribution >= 0.6 is 0 Å². The molecule has 0 aliphatic rings. The molecule has 0 aliphatic heterocycles. The molecule has 162 valence electrons. The molecule has 2 aromatic heterocycles. The predicted molar refractivity (Wildman–Crippen MR) is 119 cm³/mol. The summed E-state index contributed by atoms with van der Waals surface area (Å²) < 4.78 is 3.99. The van der Waals surface area contributed by atoms with Crippen LogP contribution in [0.15, 0.2) is 6.07 Å². The van der Waals surface area contributed by atoms with Crippen molar-refractivity contribution < 1.29 is 4.79 Å². The highest BCUT2D eigenvalue weighted by Gasteiger charge is 2.26. The fourth-order valence-corrected chi connectivity index (χ4v) is 3.41. The summed E-state index contributed by atoms with van der Waals surface area (Å²) in [6.07, 6.45) is 1.12. The van der Waals surface area contributed by atoms with E-state index in [9.17, 15) is 4.79 Å². The fraction of sp³-hybridized carbons (Fsp3) is 0.696. The van der Waals surface area contributed by atoms with Crippen molar-refractivity contribution in [2.45, 2.75) is 99.6 Å². The normalized spacial score (nSPS) is 12.7. The minimum atomic E-state index is -0.211. The average molecular weight is 402 g/mol. The predicted octanol–water partition coefficient (Wildman–Crippen LogP) is 4.98. The van der Waals surface area contributed by atoms with E-state index in [1.807, 2.05) is 17.7 Å². The van der Waals surface area contributed by atoms with E-state index >= 15 is 0 Å². The molecule has 2 heterocycles. The van der Waals surface area contributed by atoms with Gasteiger partial charge in [0, 0.05) is 30.1 Å². The number of nitrogens with zero attached hydrogens (tertiary/aromatic N) is 4. The Morgan fingerprint density at radius 2 is 1.72 bits per heavy atom. The van der Waals surface area contributed by atoms with E-state index in [1.54, 1.807) is 0 Å². The summed E-state index contributed by atoms with van der Waals surface area (Å²) in [5, 5.41) is 12.5. The Hall–Kier alpha value is -2.11. The molecule has 2 aromatic rings.